The minimum Gasteiger partial charge on any atom is -0.409 e. The van der Waals surface area contributed by atoms with Crippen LogP contribution in [-0.2, 0) is 0 Å². The Morgan fingerprint density at radius 1 is 1.18 bits per heavy atom. The molecule has 17 heavy (non-hydrogen) atoms. The number of nitrogens with zero attached hydrogens (tertiary/aromatic N) is 2. The molecule has 2 aromatic rings. The lowest BCUT2D eigenvalue weighted by molar-refractivity contribution is 0.318. The highest BCUT2D eigenvalue weighted by Gasteiger charge is 2.08. The largest absolute Gasteiger partial charge is 0.409 e. The van der Waals surface area contributed by atoms with E-state index >= 15 is 0 Å². The fourth-order valence-electron chi connectivity index (χ4n) is 1.52. The molecule has 5 heteroatoms. The number of anilines is 1. The molecule has 0 radical (unpaired) electrons. The smallest absolute Gasteiger partial charge is 0.173 e. The normalized spacial score (nSPS) is 11.4. The zero-order valence-electron chi connectivity index (χ0n) is 9.04. The molecule has 86 valence electrons. The van der Waals surface area contributed by atoms with Crippen LogP contribution in [0.2, 0.25) is 0 Å². The van der Waals surface area contributed by atoms with Gasteiger partial charge >= 0.3 is 0 Å². The lowest BCUT2D eigenvalue weighted by Gasteiger charge is -2.06. The van der Waals surface area contributed by atoms with Crippen molar-refractivity contribution in [2.24, 2.45) is 10.9 Å². The molecular formula is C12H12N4O. The standard InChI is InChI=1S/C12H12N4O/c13-11-10(12(14)16-17)6-9(7-15-11)8-4-2-1-3-5-8/h1-7,17H,(H2,13,15)(H2,14,16). The third-order valence-electron chi connectivity index (χ3n) is 2.41. The van der Waals surface area contributed by atoms with Crippen LogP contribution in [0.3, 0.4) is 0 Å². The number of aromatic nitrogens is 1. The zero-order chi connectivity index (χ0) is 12.3. The molecule has 0 atom stereocenters. The van der Waals surface area contributed by atoms with Crippen LogP contribution in [0.15, 0.2) is 47.8 Å². The first-order chi connectivity index (χ1) is 8.22. The Hall–Kier alpha value is -2.56. The third-order valence-corrected chi connectivity index (χ3v) is 2.41. The highest BCUT2D eigenvalue weighted by atomic mass is 16.4. The van der Waals surface area contributed by atoms with Gasteiger partial charge in [-0.15, -0.1) is 0 Å². The summed E-state index contributed by atoms with van der Waals surface area (Å²) in [5.74, 6) is 0.188. The lowest BCUT2D eigenvalue weighted by Crippen LogP contribution is -2.16. The summed E-state index contributed by atoms with van der Waals surface area (Å²) < 4.78 is 0. The van der Waals surface area contributed by atoms with Gasteiger partial charge in [0.05, 0.1) is 5.56 Å². The second-order valence-corrected chi connectivity index (χ2v) is 3.51. The van der Waals surface area contributed by atoms with E-state index in [-0.39, 0.29) is 11.7 Å². The van der Waals surface area contributed by atoms with Crippen LogP contribution in [0.25, 0.3) is 11.1 Å². The van der Waals surface area contributed by atoms with Crippen molar-refractivity contribution in [1.82, 2.24) is 4.98 Å². The van der Waals surface area contributed by atoms with Gasteiger partial charge in [-0.25, -0.2) is 4.98 Å². The number of pyridine rings is 1. The minimum atomic E-state index is -0.0484. The maximum Gasteiger partial charge on any atom is 0.173 e. The van der Waals surface area contributed by atoms with E-state index in [0.29, 0.717) is 5.56 Å². The van der Waals surface area contributed by atoms with E-state index in [2.05, 4.69) is 10.1 Å². The average molecular weight is 228 g/mol. The van der Waals surface area contributed by atoms with Gasteiger partial charge in [0.15, 0.2) is 5.84 Å². The molecule has 0 aliphatic rings. The molecule has 1 aromatic carbocycles. The first-order valence-electron chi connectivity index (χ1n) is 5.01. The Morgan fingerprint density at radius 2 is 1.88 bits per heavy atom. The Balaban J connectivity index is 2.52. The van der Waals surface area contributed by atoms with E-state index in [9.17, 15) is 0 Å². The van der Waals surface area contributed by atoms with Crippen molar-refractivity contribution in [3.63, 3.8) is 0 Å². The molecule has 5 N–H and O–H groups in total. The van der Waals surface area contributed by atoms with Crippen LogP contribution >= 0.6 is 0 Å². The number of hydrogen-bond acceptors (Lipinski definition) is 4. The van der Waals surface area contributed by atoms with Gasteiger partial charge in [0.25, 0.3) is 0 Å². The molecule has 0 amide bonds. The molecule has 0 fully saturated rings. The second-order valence-electron chi connectivity index (χ2n) is 3.51. The molecule has 1 heterocycles. The number of nitrogens with two attached hydrogens (primary N) is 2. The lowest BCUT2D eigenvalue weighted by atomic mass is 10.1. The molecule has 0 saturated carbocycles. The number of rotatable bonds is 2. The number of benzene rings is 1. The van der Waals surface area contributed by atoms with Crippen LogP contribution in [0.4, 0.5) is 5.82 Å². The maximum atomic E-state index is 8.65. The van der Waals surface area contributed by atoms with E-state index in [0.717, 1.165) is 11.1 Å². The fourth-order valence-corrected chi connectivity index (χ4v) is 1.52. The highest BCUT2D eigenvalue weighted by Crippen LogP contribution is 2.21. The molecule has 0 aliphatic carbocycles. The molecule has 0 spiro atoms. The first kappa shape index (κ1) is 10.9. The molecule has 0 aliphatic heterocycles. The van der Waals surface area contributed by atoms with Crippen LogP contribution in [-0.4, -0.2) is 16.0 Å². The molecule has 1 aromatic heterocycles. The van der Waals surface area contributed by atoms with E-state index in [1.807, 2.05) is 30.3 Å². The van der Waals surface area contributed by atoms with Crippen molar-refractivity contribution in [3.8, 4) is 11.1 Å². The second kappa shape index (κ2) is 4.52. The molecule has 5 nitrogen and oxygen atoms in total. The predicted octanol–water partition coefficient (Wildman–Crippen LogP) is 1.43. The summed E-state index contributed by atoms with van der Waals surface area (Å²) in [6.07, 6.45) is 1.65. The average Bonchev–Trinajstić information content (AvgIpc) is 2.39. The zero-order valence-corrected chi connectivity index (χ0v) is 9.04. The van der Waals surface area contributed by atoms with Crippen LogP contribution < -0.4 is 11.5 Å². The number of amidine groups is 1. The molecule has 0 bridgehead atoms. The van der Waals surface area contributed by atoms with Crippen molar-refractivity contribution in [2.75, 3.05) is 5.73 Å². The molecule has 0 saturated heterocycles. The summed E-state index contributed by atoms with van der Waals surface area (Å²) in [6, 6.07) is 11.4. The predicted molar refractivity (Wildman–Crippen MR) is 66.6 cm³/mol. The van der Waals surface area contributed by atoms with Crippen LogP contribution in [0, 0.1) is 0 Å². The van der Waals surface area contributed by atoms with Gasteiger partial charge in [-0.05, 0) is 11.6 Å². The third kappa shape index (κ3) is 2.17. The molecular weight excluding hydrogens is 216 g/mol. The summed E-state index contributed by atoms with van der Waals surface area (Å²) in [4.78, 5) is 4.03. The van der Waals surface area contributed by atoms with E-state index < -0.39 is 0 Å². The number of oxime groups is 1. The fraction of sp³-hybridized carbons (Fsp3) is 0. The highest BCUT2D eigenvalue weighted by molar-refractivity contribution is 6.01. The molecule has 2 rings (SSSR count). The summed E-state index contributed by atoms with van der Waals surface area (Å²) in [5.41, 5.74) is 13.5. The summed E-state index contributed by atoms with van der Waals surface area (Å²) in [5, 5.41) is 11.6. The summed E-state index contributed by atoms with van der Waals surface area (Å²) >= 11 is 0. The van der Waals surface area contributed by atoms with Crippen molar-refractivity contribution in [1.29, 1.82) is 0 Å². The summed E-state index contributed by atoms with van der Waals surface area (Å²) in [7, 11) is 0. The van der Waals surface area contributed by atoms with Gasteiger partial charge < -0.3 is 16.7 Å². The Bertz CT molecular complexity index is 552. The Morgan fingerprint density at radius 3 is 2.53 bits per heavy atom. The summed E-state index contributed by atoms with van der Waals surface area (Å²) in [6.45, 7) is 0. The quantitative estimate of drug-likeness (QED) is 0.313. The molecule has 0 unspecified atom stereocenters. The Labute approximate surface area is 98.4 Å². The van der Waals surface area contributed by atoms with Crippen molar-refractivity contribution in [3.05, 3.63) is 48.2 Å². The van der Waals surface area contributed by atoms with Gasteiger partial charge in [0.1, 0.15) is 5.82 Å². The Kier molecular flexibility index (Phi) is 2.91. The van der Waals surface area contributed by atoms with Gasteiger partial charge in [-0.1, -0.05) is 35.5 Å². The monoisotopic (exact) mass is 228 g/mol. The minimum absolute atomic E-state index is 0.0484. The van der Waals surface area contributed by atoms with Gasteiger partial charge in [0, 0.05) is 11.8 Å². The first-order valence-corrected chi connectivity index (χ1v) is 5.01. The van der Waals surface area contributed by atoms with E-state index in [4.69, 9.17) is 16.7 Å². The van der Waals surface area contributed by atoms with Crippen molar-refractivity contribution in [2.45, 2.75) is 0 Å². The van der Waals surface area contributed by atoms with Crippen molar-refractivity contribution >= 4 is 11.7 Å². The van der Waals surface area contributed by atoms with Gasteiger partial charge in [0.2, 0.25) is 0 Å². The topological polar surface area (TPSA) is 97.5 Å². The van der Waals surface area contributed by atoms with Gasteiger partial charge in [-0.3, -0.25) is 0 Å². The maximum absolute atomic E-state index is 8.65. The van der Waals surface area contributed by atoms with Crippen molar-refractivity contribution < 1.29 is 5.21 Å². The van der Waals surface area contributed by atoms with Gasteiger partial charge in [-0.2, -0.15) is 0 Å². The number of nitrogen functional groups attached to an aromatic ring is 1. The number of hydrogen-bond donors (Lipinski definition) is 3. The SMILES string of the molecule is N/C(=N\O)c1cc(-c2ccccc2)cnc1N. The van der Waals surface area contributed by atoms with Crippen LogP contribution in [0.5, 0.6) is 0 Å². The van der Waals surface area contributed by atoms with E-state index in [1.54, 1.807) is 12.3 Å². The van der Waals surface area contributed by atoms with Crippen LogP contribution in [0.1, 0.15) is 5.56 Å². The van der Waals surface area contributed by atoms with E-state index in [1.165, 1.54) is 0 Å².